The summed E-state index contributed by atoms with van der Waals surface area (Å²) in [6, 6.07) is 0. The number of carbonyl (C=O) groups excluding carboxylic acids is 1. The van der Waals surface area contributed by atoms with Crippen molar-refractivity contribution in [2.75, 3.05) is 0 Å². The van der Waals surface area contributed by atoms with Crippen LogP contribution in [0.1, 0.15) is 27.7 Å². The van der Waals surface area contributed by atoms with Crippen LogP contribution in [0.3, 0.4) is 0 Å². The molecule has 1 amide bonds. The molecule has 82 valence electrons. The molecule has 0 heterocycles. The van der Waals surface area contributed by atoms with Crippen molar-refractivity contribution in [1.82, 2.24) is 0 Å². The van der Waals surface area contributed by atoms with Gasteiger partial charge in [-0.2, -0.15) is 0 Å². The minimum Gasteiger partial charge on any atom is -0.366 e. The van der Waals surface area contributed by atoms with Crippen molar-refractivity contribution in [2.24, 2.45) is 17.1 Å². The molecular weight excluding hydrogens is 186 g/mol. The Morgan fingerprint density at radius 1 is 1.33 bits per heavy atom. The van der Waals surface area contributed by atoms with E-state index in [0.717, 1.165) is 11.1 Å². The third-order valence-corrected chi connectivity index (χ3v) is 3.18. The number of primary amides is 1. The second-order valence-electron chi connectivity index (χ2n) is 4.55. The number of nitrogens with two attached hydrogens (primary N) is 1. The molecule has 0 radical (unpaired) electrons. The van der Waals surface area contributed by atoms with Crippen molar-refractivity contribution in [3.05, 3.63) is 35.5 Å². The van der Waals surface area contributed by atoms with Gasteiger partial charge in [-0.25, -0.2) is 0 Å². The second-order valence-corrected chi connectivity index (χ2v) is 4.55. The Morgan fingerprint density at radius 3 is 2.33 bits per heavy atom. The van der Waals surface area contributed by atoms with Crippen LogP contribution in [-0.2, 0) is 4.79 Å². The van der Waals surface area contributed by atoms with Crippen molar-refractivity contribution in [2.45, 2.75) is 27.7 Å². The van der Waals surface area contributed by atoms with Crippen LogP contribution < -0.4 is 5.73 Å². The van der Waals surface area contributed by atoms with Gasteiger partial charge in [-0.3, -0.25) is 4.79 Å². The Bertz CT molecular complexity index is 359. The lowest BCUT2D eigenvalue weighted by atomic mass is 9.68. The molecule has 1 aliphatic carbocycles. The van der Waals surface area contributed by atoms with Gasteiger partial charge in [-0.05, 0) is 19.8 Å². The first-order chi connectivity index (χ1) is 6.89. The van der Waals surface area contributed by atoms with Crippen molar-refractivity contribution < 1.29 is 4.79 Å². The van der Waals surface area contributed by atoms with E-state index in [9.17, 15) is 4.79 Å². The number of hydrogen-bond donors (Lipinski definition) is 1. The zero-order valence-corrected chi connectivity index (χ0v) is 9.87. The van der Waals surface area contributed by atoms with Crippen LogP contribution in [0.25, 0.3) is 0 Å². The molecule has 0 saturated heterocycles. The van der Waals surface area contributed by atoms with Gasteiger partial charge >= 0.3 is 0 Å². The van der Waals surface area contributed by atoms with Crippen molar-refractivity contribution in [3.63, 3.8) is 0 Å². The van der Waals surface area contributed by atoms with Gasteiger partial charge in [0.1, 0.15) is 0 Å². The zero-order valence-electron chi connectivity index (χ0n) is 9.87. The van der Waals surface area contributed by atoms with Crippen molar-refractivity contribution >= 4 is 5.91 Å². The summed E-state index contributed by atoms with van der Waals surface area (Å²) in [5.41, 5.74) is 6.93. The fourth-order valence-corrected chi connectivity index (χ4v) is 2.20. The maximum atomic E-state index is 11.5. The molecule has 15 heavy (non-hydrogen) atoms. The molecule has 0 fully saturated rings. The molecule has 2 atom stereocenters. The molecule has 0 saturated carbocycles. The third-order valence-electron chi connectivity index (χ3n) is 3.18. The highest BCUT2D eigenvalue weighted by Gasteiger charge is 2.35. The Labute approximate surface area is 91.5 Å². The SMILES string of the molecule is CC(C)=C(C(N)=O)C1(C)C=CC=CC1C. The molecule has 0 aromatic rings. The number of allylic oxidation sites excluding steroid dienone is 5. The van der Waals surface area contributed by atoms with Crippen LogP contribution in [0.4, 0.5) is 0 Å². The highest BCUT2D eigenvalue weighted by molar-refractivity contribution is 5.94. The predicted molar refractivity (Wildman–Crippen MR) is 63.1 cm³/mol. The highest BCUT2D eigenvalue weighted by atomic mass is 16.1. The lowest BCUT2D eigenvalue weighted by molar-refractivity contribution is -0.115. The topological polar surface area (TPSA) is 43.1 Å². The predicted octanol–water partition coefficient (Wildman–Crippen LogP) is 2.58. The number of carbonyl (C=O) groups is 1. The lowest BCUT2D eigenvalue weighted by Gasteiger charge is -2.35. The maximum absolute atomic E-state index is 11.5. The van der Waals surface area contributed by atoms with Crippen LogP contribution >= 0.6 is 0 Å². The zero-order chi connectivity index (χ0) is 11.6. The molecule has 1 aliphatic rings. The minimum absolute atomic E-state index is 0.264. The van der Waals surface area contributed by atoms with E-state index < -0.39 is 0 Å². The van der Waals surface area contributed by atoms with E-state index in [0.29, 0.717) is 5.92 Å². The smallest absolute Gasteiger partial charge is 0.245 e. The Balaban J connectivity index is 3.25. The standard InChI is InChI=1S/C13H19NO/c1-9(2)11(12(14)15)13(4)8-6-5-7-10(13)3/h5-8,10H,1-4H3,(H2,14,15). The first-order valence-corrected chi connectivity index (χ1v) is 5.23. The highest BCUT2D eigenvalue weighted by Crippen LogP contribution is 2.41. The van der Waals surface area contributed by atoms with Crippen LogP contribution in [0.2, 0.25) is 0 Å². The minimum atomic E-state index is -0.315. The van der Waals surface area contributed by atoms with Crippen LogP contribution in [0.5, 0.6) is 0 Å². The summed E-state index contributed by atoms with van der Waals surface area (Å²) in [4.78, 5) is 11.5. The summed E-state index contributed by atoms with van der Waals surface area (Å²) in [5.74, 6) is -0.0239. The summed E-state index contributed by atoms with van der Waals surface area (Å²) in [5, 5.41) is 0. The van der Waals surface area contributed by atoms with Gasteiger partial charge in [0.2, 0.25) is 5.91 Å². The molecule has 0 aromatic carbocycles. The molecule has 0 bridgehead atoms. The van der Waals surface area contributed by atoms with Crippen LogP contribution in [-0.4, -0.2) is 5.91 Å². The van der Waals surface area contributed by atoms with E-state index in [1.165, 1.54) is 0 Å². The van der Waals surface area contributed by atoms with Gasteiger partial charge in [-0.1, -0.05) is 43.7 Å². The molecule has 2 N–H and O–H groups in total. The van der Waals surface area contributed by atoms with Crippen LogP contribution in [0.15, 0.2) is 35.5 Å². The van der Waals surface area contributed by atoms with E-state index >= 15 is 0 Å². The van der Waals surface area contributed by atoms with Gasteiger partial charge in [0.15, 0.2) is 0 Å². The molecule has 2 heteroatoms. The molecule has 1 rings (SSSR count). The van der Waals surface area contributed by atoms with Crippen LogP contribution in [0, 0.1) is 11.3 Å². The van der Waals surface area contributed by atoms with E-state index in [1.54, 1.807) is 0 Å². The molecule has 2 nitrogen and oxygen atoms in total. The van der Waals surface area contributed by atoms with Crippen molar-refractivity contribution in [3.8, 4) is 0 Å². The van der Waals surface area contributed by atoms with Crippen molar-refractivity contribution in [1.29, 1.82) is 0 Å². The van der Waals surface area contributed by atoms with E-state index in [-0.39, 0.29) is 11.3 Å². The molecular formula is C13H19NO. The van der Waals surface area contributed by atoms with Gasteiger partial charge in [0, 0.05) is 11.0 Å². The molecule has 2 unspecified atom stereocenters. The second kappa shape index (κ2) is 4.05. The first kappa shape index (κ1) is 11.8. The molecule has 0 aliphatic heterocycles. The average molecular weight is 205 g/mol. The number of amides is 1. The lowest BCUT2D eigenvalue weighted by Crippen LogP contribution is -2.34. The van der Waals surface area contributed by atoms with E-state index in [2.05, 4.69) is 26.0 Å². The Hall–Kier alpha value is -1.31. The van der Waals surface area contributed by atoms with Gasteiger partial charge in [-0.15, -0.1) is 0 Å². The first-order valence-electron chi connectivity index (χ1n) is 5.23. The average Bonchev–Trinajstić information content (AvgIpc) is 2.08. The third kappa shape index (κ3) is 2.04. The van der Waals surface area contributed by atoms with E-state index in [4.69, 9.17) is 5.73 Å². The van der Waals surface area contributed by atoms with Gasteiger partial charge in [0.05, 0.1) is 0 Å². The van der Waals surface area contributed by atoms with E-state index in [1.807, 2.05) is 26.0 Å². The summed E-state index contributed by atoms with van der Waals surface area (Å²) in [7, 11) is 0. The fraction of sp³-hybridized carbons (Fsp3) is 0.462. The Morgan fingerprint density at radius 2 is 1.93 bits per heavy atom. The summed E-state index contributed by atoms with van der Waals surface area (Å²) in [6.07, 6.45) is 8.15. The number of hydrogen-bond acceptors (Lipinski definition) is 1. The largest absolute Gasteiger partial charge is 0.366 e. The normalized spacial score (nSPS) is 28.9. The maximum Gasteiger partial charge on any atom is 0.245 e. The molecule has 0 aromatic heterocycles. The van der Waals surface area contributed by atoms with Gasteiger partial charge < -0.3 is 5.73 Å². The Kier molecular flexibility index (Phi) is 3.18. The summed E-state index contributed by atoms with van der Waals surface area (Å²) >= 11 is 0. The fourth-order valence-electron chi connectivity index (χ4n) is 2.20. The van der Waals surface area contributed by atoms with Gasteiger partial charge in [0.25, 0.3) is 0 Å². The monoisotopic (exact) mass is 205 g/mol. The summed E-state index contributed by atoms with van der Waals surface area (Å²) < 4.78 is 0. The quantitative estimate of drug-likeness (QED) is 0.692. The molecule has 0 spiro atoms. The summed E-state index contributed by atoms with van der Waals surface area (Å²) in [6.45, 7) is 8.03. The number of rotatable bonds is 2.